The first kappa shape index (κ1) is 6.62. The van der Waals surface area contributed by atoms with E-state index in [2.05, 4.69) is 7.05 Å². The minimum atomic E-state index is 0.598. The van der Waals surface area contributed by atoms with Gasteiger partial charge in [0.15, 0.2) is 0 Å². The molecule has 2 heteroatoms. The van der Waals surface area contributed by atoms with Crippen molar-refractivity contribution in [2.75, 3.05) is 26.3 Å². The Kier molecular flexibility index (Phi) is 1.46. The van der Waals surface area contributed by atoms with Crippen LogP contribution in [0.1, 0.15) is 12.8 Å². The third-order valence-corrected chi connectivity index (χ3v) is 2.83. The summed E-state index contributed by atoms with van der Waals surface area (Å²) in [6, 6.07) is 0. The second-order valence-corrected chi connectivity index (χ2v) is 3.74. The van der Waals surface area contributed by atoms with Crippen molar-refractivity contribution in [1.82, 2.24) is 0 Å². The van der Waals surface area contributed by atoms with Gasteiger partial charge in [-0.05, 0) is 0 Å². The predicted molar refractivity (Wildman–Crippen MR) is 38.5 cm³/mol. The minimum Gasteiger partial charge on any atom is -0.468 e. The fourth-order valence-corrected chi connectivity index (χ4v) is 1.81. The molecule has 2 aliphatic heterocycles. The topological polar surface area (TPSA) is 13.7 Å². The molecule has 0 bridgehead atoms. The average molecular weight is 141 g/mol. The van der Waals surface area contributed by atoms with Crippen molar-refractivity contribution in [1.29, 1.82) is 0 Å². The van der Waals surface area contributed by atoms with Crippen LogP contribution >= 0.6 is 0 Å². The van der Waals surface area contributed by atoms with Crippen molar-refractivity contribution in [3.05, 3.63) is 7.05 Å². The van der Waals surface area contributed by atoms with Crippen LogP contribution in [0.15, 0.2) is 0 Å². The third kappa shape index (κ3) is 0.956. The average Bonchev–Trinajstić information content (AvgIpc) is 1.86. The first-order valence-electron chi connectivity index (χ1n) is 4.05. The van der Waals surface area contributed by atoms with Crippen LogP contribution in [0.2, 0.25) is 0 Å². The number of piperidine rings is 1. The number of hydrogen-bond acceptors (Lipinski definition) is 1. The first-order chi connectivity index (χ1) is 4.81. The second kappa shape index (κ2) is 2.21. The van der Waals surface area contributed by atoms with Gasteiger partial charge >= 0.3 is 0 Å². The van der Waals surface area contributed by atoms with Crippen molar-refractivity contribution < 1.29 is 9.64 Å². The van der Waals surface area contributed by atoms with E-state index in [1.165, 1.54) is 30.8 Å². The third-order valence-electron chi connectivity index (χ3n) is 2.83. The Morgan fingerprint density at radius 3 is 2.20 bits per heavy atom. The molecular weight excluding hydrogens is 126 g/mol. The Bertz CT molecular complexity index is 121. The van der Waals surface area contributed by atoms with Crippen molar-refractivity contribution in [3.63, 3.8) is 0 Å². The smallest absolute Gasteiger partial charge is 0.0549 e. The van der Waals surface area contributed by atoms with Crippen LogP contribution in [-0.2, 0) is 4.74 Å². The standard InChI is InChI=1S/C8H15NO/c1-9-4-2-8(3-5-9)6-10-7-8/h9H,1-7H2. The molecule has 2 fully saturated rings. The number of rotatable bonds is 0. The van der Waals surface area contributed by atoms with Gasteiger partial charge in [-0.2, -0.15) is 7.05 Å². The summed E-state index contributed by atoms with van der Waals surface area (Å²) in [5.74, 6) is 0. The molecule has 0 amide bonds. The number of ether oxygens (including phenoxy) is 1. The van der Waals surface area contributed by atoms with E-state index in [-0.39, 0.29) is 0 Å². The molecule has 58 valence electrons. The summed E-state index contributed by atoms with van der Waals surface area (Å²) < 4.78 is 5.22. The van der Waals surface area contributed by atoms with E-state index in [9.17, 15) is 0 Å². The SMILES string of the molecule is [CH2-][NH+]1CCC2(CC1)COC2. The van der Waals surface area contributed by atoms with E-state index in [0.29, 0.717) is 5.41 Å². The van der Waals surface area contributed by atoms with E-state index in [1.54, 1.807) is 0 Å². The van der Waals surface area contributed by atoms with Crippen molar-refractivity contribution in [2.45, 2.75) is 12.8 Å². The fraction of sp³-hybridized carbons (Fsp3) is 0.875. The molecule has 0 unspecified atom stereocenters. The number of nitrogens with one attached hydrogen (secondary N) is 1. The molecule has 2 saturated heterocycles. The van der Waals surface area contributed by atoms with Gasteiger partial charge in [-0.1, -0.05) is 0 Å². The summed E-state index contributed by atoms with van der Waals surface area (Å²) in [6.45, 7) is 4.51. The highest BCUT2D eigenvalue weighted by atomic mass is 16.5. The fourth-order valence-electron chi connectivity index (χ4n) is 1.81. The molecule has 1 spiro atoms. The van der Waals surface area contributed by atoms with Gasteiger partial charge in [0.2, 0.25) is 0 Å². The lowest BCUT2D eigenvalue weighted by Gasteiger charge is -2.46. The molecule has 2 nitrogen and oxygen atoms in total. The normalized spacial score (nSPS) is 32.1. The lowest BCUT2D eigenvalue weighted by atomic mass is 9.77. The Morgan fingerprint density at radius 1 is 1.20 bits per heavy atom. The summed E-state index contributed by atoms with van der Waals surface area (Å²) in [6.07, 6.45) is 2.65. The molecular formula is C8H15NO. The molecule has 2 rings (SSSR count). The van der Waals surface area contributed by atoms with Gasteiger partial charge < -0.3 is 9.64 Å². The Labute approximate surface area is 62.2 Å². The highest BCUT2D eigenvalue weighted by Crippen LogP contribution is 2.35. The molecule has 0 radical (unpaired) electrons. The summed E-state index contributed by atoms with van der Waals surface area (Å²) >= 11 is 0. The minimum absolute atomic E-state index is 0.598. The van der Waals surface area contributed by atoms with Crippen LogP contribution in [0.5, 0.6) is 0 Å². The van der Waals surface area contributed by atoms with Crippen LogP contribution in [0.25, 0.3) is 0 Å². The first-order valence-corrected chi connectivity index (χ1v) is 4.05. The van der Waals surface area contributed by atoms with E-state index in [4.69, 9.17) is 4.74 Å². The summed E-state index contributed by atoms with van der Waals surface area (Å²) in [5, 5.41) is 0. The molecule has 10 heavy (non-hydrogen) atoms. The van der Waals surface area contributed by atoms with Gasteiger partial charge in [-0.25, -0.2) is 0 Å². The summed E-state index contributed by atoms with van der Waals surface area (Å²) in [4.78, 5) is 1.44. The van der Waals surface area contributed by atoms with Crippen molar-refractivity contribution >= 4 is 0 Å². The Balaban J connectivity index is 1.90. The van der Waals surface area contributed by atoms with Gasteiger partial charge in [0.25, 0.3) is 0 Å². The maximum atomic E-state index is 5.22. The highest BCUT2D eigenvalue weighted by molar-refractivity contribution is 4.86. The van der Waals surface area contributed by atoms with E-state index in [0.717, 1.165) is 13.2 Å². The molecule has 1 N–H and O–H groups in total. The molecule has 0 aromatic carbocycles. The zero-order valence-electron chi connectivity index (χ0n) is 6.36. The van der Waals surface area contributed by atoms with Gasteiger partial charge in [-0.3, -0.25) is 0 Å². The molecule has 0 atom stereocenters. The summed E-state index contributed by atoms with van der Waals surface area (Å²) in [7, 11) is 4.00. The molecule has 2 aliphatic rings. The highest BCUT2D eigenvalue weighted by Gasteiger charge is 2.41. The quantitative estimate of drug-likeness (QED) is 0.448. The maximum absolute atomic E-state index is 5.22. The van der Waals surface area contributed by atoms with Crippen LogP contribution < -0.4 is 4.90 Å². The maximum Gasteiger partial charge on any atom is 0.0549 e. The molecule has 2 heterocycles. The number of quaternary nitrogens is 1. The predicted octanol–water partition coefficient (Wildman–Crippen LogP) is -0.527. The lowest BCUT2D eigenvalue weighted by Crippen LogP contribution is -3.08. The Morgan fingerprint density at radius 2 is 1.80 bits per heavy atom. The van der Waals surface area contributed by atoms with E-state index in [1.807, 2.05) is 0 Å². The van der Waals surface area contributed by atoms with E-state index < -0.39 is 0 Å². The van der Waals surface area contributed by atoms with Crippen molar-refractivity contribution in [2.24, 2.45) is 5.41 Å². The monoisotopic (exact) mass is 141 g/mol. The van der Waals surface area contributed by atoms with Gasteiger partial charge in [0.1, 0.15) is 0 Å². The second-order valence-electron chi connectivity index (χ2n) is 3.74. The van der Waals surface area contributed by atoms with Crippen LogP contribution in [0, 0.1) is 12.5 Å². The number of likely N-dealkylation sites (tertiary alicyclic amines) is 1. The molecule has 0 aliphatic carbocycles. The van der Waals surface area contributed by atoms with Crippen LogP contribution in [-0.4, -0.2) is 26.3 Å². The molecule has 0 saturated carbocycles. The Hall–Kier alpha value is -0.0800. The summed E-state index contributed by atoms with van der Waals surface area (Å²) in [5.41, 5.74) is 0.598. The van der Waals surface area contributed by atoms with Crippen molar-refractivity contribution in [3.8, 4) is 0 Å². The van der Waals surface area contributed by atoms with Crippen LogP contribution in [0.4, 0.5) is 0 Å². The largest absolute Gasteiger partial charge is 0.468 e. The van der Waals surface area contributed by atoms with Crippen LogP contribution in [0.3, 0.4) is 0 Å². The lowest BCUT2D eigenvalue weighted by molar-refractivity contribution is -0.863. The van der Waals surface area contributed by atoms with Gasteiger partial charge in [0, 0.05) is 18.3 Å². The zero-order valence-corrected chi connectivity index (χ0v) is 6.36. The zero-order chi connectivity index (χ0) is 7.03. The molecule has 0 aromatic heterocycles. The molecule has 0 aromatic rings. The van der Waals surface area contributed by atoms with Gasteiger partial charge in [-0.15, -0.1) is 0 Å². The van der Waals surface area contributed by atoms with E-state index >= 15 is 0 Å². The number of hydrogen-bond donors (Lipinski definition) is 1. The van der Waals surface area contributed by atoms with Gasteiger partial charge in [0.05, 0.1) is 26.3 Å².